The molecule has 0 amide bonds. The SMILES string of the molecule is CN(Cc1ccccc1)c1nccc(NC2CCCCCC2)n1. The monoisotopic (exact) mass is 310 g/mol. The first kappa shape index (κ1) is 15.8. The number of aromatic nitrogens is 2. The third kappa shape index (κ3) is 4.68. The minimum atomic E-state index is 0.555. The van der Waals surface area contributed by atoms with Gasteiger partial charge in [-0.1, -0.05) is 56.0 Å². The Bertz CT molecular complexity index is 591. The zero-order chi connectivity index (χ0) is 15.9. The summed E-state index contributed by atoms with van der Waals surface area (Å²) in [6.07, 6.45) is 9.73. The molecule has 0 atom stereocenters. The first-order valence-electron chi connectivity index (χ1n) is 8.66. The molecule has 2 aromatic rings. The Balaban J connectivity index is 1.64. The number of anilines is 2. The second-order valence-corrected chi connectivity index (χ2v) is 6.42. The Morgan fingerprint density at radius 1 is 1.04 bits per heavy atom. The third-order valence-corrected chi connectivity index (χ3v) is 4.45. The molecule has 23 heavy (non-hydrogen) atoms. The van der Waals surface area contributed by atoms with Gasteiger partial charge in [0.05, 0.1) is 0 Å². The molecule has 0 unspecified atom stereocenters. The highest BCUT2D eigenvalue weighted by Crippen LogP contribution is 2.21. The molecule has 0 bridgehead atoms. The van der Waals surface area contributed by atoms with Crippen molar-refractivity contribution in [1.82, 2.24) is 9.97 Å². The van der Waals surface area contributed by atoms with Crippen molar-refractivity contribution in [2.45, 2.75) is 51.1 Å². The number of benzene rings is 1. The molecule has 0 spiro atoms. The summed E-state index contributed by atoms with van der Waals surface area (Å²) in [5.74, 6) is 1.72. The van der Waals surface area contributed by atoms with Crippen LogP contribution in [0.3, 0.4) is 0 Å². The minimum absolute atomic E-state index is 0.555. The van der Waals surface area contributed by atoms with Crippen molar-refractivity contribution in [1.29, 1.82) is 0 Å². The Morgan fingerprint density at radius 2 is 1.78 bits per heavy atom. The van der Waals surface area contributed by atoms with Crippen molar-refractivity contribution < 1.29 is 0 Å². The summed E-state index contributed by atoms with van der Waals surface area (Å²) in [5.41, 5.74) is 1.26. The van der Waals surface area contributed by atoms with E-state index in [1.165, 1.54) is 44.1 Å². The van der Waals surface area contributed by atoms with E-state index in [0.717, 1.165) is 18.3 Å². The molecule has 1 N–H and O–H groups in total. The van der Waals surface area contributed by atoms with Crippen LogP contribution in [0.25, 0.3) is 0 Å². The van der Waals surface area contributed by atoms with E-state index in [4.69, 9.17) is 4.98 Å². The molecule has 3 rings (SSSR count). The Hall–Kier alpha value is -2.10. The van der Waals surface area contributed by atoms with Crippen molar-refractivity contribution in [3.63, 3.8) is 0 Å². The van der Waals surface area contributed by atoms with Crippen molar-refractivity contribution >= 4 is 11.8 Å². The molecule has 0 aliphatic heterocycles. The maximum absolute atomic E-state index is 4.70. The van der Waals surface area contributed by atoms with Gasteiger partial charge in [-0.25, -0.2) is 4.98 Å². The lowest BCUT2D eigenvalue weighted by Crippen LogP contribution is -2.22. The van der Waals surface area contributed by atoms with Gasteiger partial charge in [-0.15, -0.1) is 0 Å². The van der Waals surface area contributed by atoms with Crippen molar-refractivity contribution in [3.05, 3.63) is 48.2 Å². The molecule has 1 saturated carbocycles. The molecule has 1 heterocycles. The average molecular weight is 310 g/mol. The Morgan fingerprint density at radius 3 is 2.52 bits per heavy atom. The fourth-order valence-corrected chi connectivity index (χ4v) is 3.17. The molecule has 1 aromatic heterocycles. The van der Waals surface area contributed by atoms with Gasteiger partial charge in [-0.05, 0) is 24.5 Å². The highest BCUT2D eigenvalue weighted by Gasteiger charge is 2.13. The van der Waals surface area contributed by atoms with Crippen LogP contribution in [0.4, 0.5) is 11.8 Å². The minimum Gasteiger partial charge on any atom is -0.367 e. The molecule has 1 aromatic carbocycles. The van der Waals surface area contributed by atoms with Crippen LogP contribution in [0.5, 0.6) is 0 Å². The Kier molecular flexibility index (Phi) is 5.46. The fourth-order valence-electron chi connectivity index (χ4n) is 3.17. The van der Waals surface area contributed by atoms with E-state index in [0.29, 0.717) is 6.04 Å². The molecule has 1 aliphatic carbocycles. The van der Waals surface area contributed by atoms with E-state index in [2.05, 4.69) is 39.5 Å². The average Bonchev–Trinajstić information content (AvgIpc) is 2.85. The summed E-state index contributed by atoms with van der Waals surface area (Å²) in [4.78, 5) is 11.2. The van der Waals surface area contributed by atoms with Gasteiger partial charge in [-0.2, -0.15) is 4.98 Å². The van der Waals surface area contributed by atoms with Gasteiger partial charge in [0.15, 0.2) is 0 Å². The van der Waals surface area contributed by atoms with Crippen LogP contribution in [0.1, 0.15) is 44.1 Å². The summed E-state index contributed by atoms with van der Waals surface area (Å²) in [6.45, 7) is 0.813. The highest BCUT2D eigenvalue weighted by molar-refractivity contribution is 5.42. The zero-order valence-electron chi connectivity index (χ0n) is 13.9. The quantitative estimate of drug-likeness (QED) is 0.838. The van der Waals surface area contributed by atoms with Gasteiger partial charge in [0.25, 0.3) is 0 Å². The zero-order valence-corrected chi connectivity index (χ0v) is 13.9. The van der Waals surface area contributed by atoms with Crippen molar-refractivity contribution in [2.24, 2.45) is 0 Å². The normalized spacial score (nSPS) is 15.9. The summed E-state index contributed by atoms with van der Waals surface area (Å²) in [5, 5.41) is 3.60. The summed E-state index contributed by atoms with van der Waals surface area (Å²) < 4.78 is 0. The highest BCUT2D eigenvalue weighted by atomic mass is 15.2. The van der Waals surface area contributed by atoms with Crippen LogP contribution in [0.15, 0.2) is 42.6 Å². The second kappa shape index (κ2) is 7.95. The lowest BCUT2D eigenvalue weighted by Gasteiger charge is -2.20. The van der Waals surface area contributed by atoms with Crippen LogP contribution >= 0.6 is 0 Å². The van der Waals surface area contributed by atoms with Crippen molar-refractivity contribution in [2.75, 3.05) is 17.3 Å². The van der Waals surface area contributed by atoms with Gasteiger partial charge in [-0.3, -0.25) is 0 Å². The lowest BCUT2D eigenvalue weighted by atomic mass is 10.1. The van der Waals surface area contributed by atoms with E-state index < -0.39 is 0 Å². The molecule has 122 valence electrons. The van der Waals surface area contributed by atoms with E-state index in [-0.39, 0.29) is 0 Å². The van der Waals surface area contributed by atoms with Crippen LogP contribution in [-0.2, 0) is 6.54 Å². The Labute approximate surface area is 139 Å². The smallest absolute Gasteiger partial charge is 0.227 e. The van der Waals surface area contributed by atoms with Crippen LogP contribution in [0, 0.1) is 0 Å². The lowest BCUT2D eigenvalue weighted by molar-refractivity contribution is 0.617. The molecular weight excluding hydrogens is 284 g/mol. The molecular formula is C19H26N4. The topological polar surface area (TPSA) is 41.1 Å². The van der Waals surface area contributed by atoms with E-state index >= 15 is 0 Å². The van der Waals surface area contributed by atoms with Gasteiger partial charge >= 0.3 is 0 Å². The first-order chi connectivity index (χ1) is 11.3. The standard InChI is InChI=1S/C19H26N4/c1-23(15-16-9-5-4-6-10-16)19-20-14-13-18(22-19)21-17-11-7-2-3-8-12-17/h4-6,9-10,13-14,17H,2-3,7-8,11-12,15H2,1H3,(H,20,21,22). The maximum atomic E-state index is 4.70. The maximum Gasteiger partial charge on any atom is 0.227 e. The molecule has 0 saturated heterocycles. The van der Waals surface area contributed by atoms with E-state index in [9.17, 15) is 0 Å². The molecule has 1 aliphatic rings. The van der Waals surface area contributed by atoms with Crippen LogP contribution in [0.2, 0.25) is 0 Å². The van der Waals surface area contributed by atoms with Gasteiger partial charge in [0, 0.05) is 25.8 Å². The number of hydrogen-bond acceptors (Lipinski definition) is 4. The molecule has 0 radical (unpaired) electrons. The van der Waals surface area contributed by atoms with Crippen LogP contribution < -0.4 is 10.2 Å². The van der Waals surface area contributed by atoms with Gasteiger partial charge in [0.1, 0.15) is 5.82 Å². The van der Waals surface area contributed by atoms with Gasteiger partial charge < -0.3 is 10.2 Å². The molecule has 4 nitrogen and oxygen atoms in total. The van der Waals surface area contributed by atoms with E-state index in [1.54, 1.807) is 0 Å². The number of rotatable bonds is 5. The first-order valence-corrected chi connectivity index (χ1v) is 8.66. The summed E-state index contributed by atoms with van der Waals surface area (Å²) in [7, 11) is 2.04. The number of nitrogens with zero attached hydrogens (tertiary/aromatic N) is 3. The summed E-state index contributed by atoms with van der Waals surface area (Å²) in [6, 6.07) is 13.0. The largest absolute Gasteiger partial charge is 0.367 e. The fraction of sp³-hybridized carbons (Fsp3) is 0.474. The summed E-state index contributed by atoms with van der Waals surface area (Å²) >= 11 is 0. The van der Waals surface area contributed by atoms with Gasteiger partial charge in [0.2, 0.25) is 5.95 Å². The van der Waals surface area contributed by atoms with E-state index in [1.807, 2.05) is 25.4 Å². The third-order valence-electron chi connectivity index (χ3n) is 4.45. The molecule has 4 heteroatoms. The predicted octanol–water partition coefficient (Wildman–Crippen LogP) is 4.25. The second-order valence-electron chi connectivity index (χ2n) is 6.42. The predicted molar refractivity (Wildman–Crippen MR) is 95.7 cm³/mol. The molecule has 1 fully saturated rings. The van der Waals surface area contributed by atoms with Crippen molar-refractivity contribution in [3.8, 4) is 0 Å². The number of hydrogen-bond donors (Lipinski definition) is 1. The van der Waals surface area contributed by atoms with Crippen LogP contribution in [-0.4, -0.2) is 23.1 Å². The number of nitrogens with one attached hydrogen (secondary N) is 1.